The first-order chi connectivity index (χ1) is 8.68. The fraction of sp³-hybridized carbons (Fsp3) is 0.875. The third-order valence-corrected chi connectivity index (χ3v) is 4.77. The molecule has 1 saturated carbocycles. The van der Waals surface area contributed by atoms with Crippen LogP contribution in [0.2, 0.25) is 0 Å². The molecule has 2 heteroatoms. The molecule has 2 nitrogen and oxygen atoms in total. The van der Waals surface area contributed by atoms with E-state index < -0.39 is 0 Å². The third kappa shape index (κ3) is 3.58. The molecule has 0 bridgehead atoms. The van der Waals surface area contributed by atoms with Crippen molar-refractivity contribution < 1.29 is 5.11 Å². The Morgan fingerprint density at radius 1 is 1.17 bits per heavy atom. The number of hydrogen-bond donors (Lipinski definition) is 1. The fourth-order valence-electron chi connectivity index (χ4n) is 3.70. The lowest BCUT2D eigenvalue weighted by molar-refractivity contribution is -0.00506. The Labute approximate surface area is 112 Å². The average Bonchev–Trinajstić information content (AvgIpc) is 2.37. The minimum Gasteiger partial charge on any atom is -0.393 e. The number of aliphatic hydroxyl groups excluding tert-OH is 1. The van der Waals surface area contributed by atoms with E-state index >= 15 is 0 Å². The summed E-state index contributed by atoms with van der Waals surface area (Å²) in [5.74, 6) is 0.532. The van der Waals surface area contributed by atoms with Crippen LogP contribution in [0.25, 0.3) is 0 Å². The summed E-state index contributed by atoms with van der Waals surface area (Å²) in [5.41, 5.74) is 1.28. The van der Waals surface area contributed by atoms with Crippen molar-refractivity contribution in [1.29, 1.82) is 0 Å². The molecular weight excluding hydrogens is 222 g/mol. The van der Waals surface area contributed by atoms with Crippen LogP contribution in [0.1, 0.15) is 58.3 Å². The molecule has 104 valence electrons. The highest BCUT2D eigenvalue weighted by Crippen LogP contribution is 2.34. The topological polar surface area (TPSA) is 23.5 Å². The van der Waals surface area contributed by atoms with Crippen molar-refractivity contribution in [3.05, 3.63) is 12.2 Å². The van der Waals surface area contributed by atoms with E-state index in [4.69, 9.17) is 0 Å². The predicted octanol–water partition coefficient (Wildman–Crippen LogP) is 3.36. The van der Waals surface area contributed by atoms with Gasteiger partial charge in [-0.1, -0.05) is 24.8 Å². The van der Waals surface area contributed by atoms with Gasteiger partial charge in [-0.05, 0) is 45.6 Å². The summed E-state index contributed by atoms with van der Waals surface area (Å²) in [6, 6.07) is 0.633. The predicted molar refractivity (Wildman–Crippen MR) is 76.6 cm³/mol. The fourth-order valence-corrected chi connectivity index (χ4v) is 3.70. The zero-order valence-electron chi connectivity index (χ0n) is 11.9. The molecule has 18 heavy (non-hydrogen) atoms. The van der Waals surface area contributed by atoms with Crippen molar-refractivity contribution in [1.82, 2.24) is 4.90 Å². The number of nitrogens with zero attached hydrogens (tertiary/aromatic N) is 1. The molecule has 1 aliphatic heterocycles. The Morgan fingerprint density at radius 3 is 2.61 bits per heavy atom. The molecule has 2 aliphatic rings. The van der Waals surface area contributed by atoms with Gasteiger partial charge in [0.2, 0.25) is 0 Å². The van der Waals surface area contributed by atoms with E-state index in [2.05, 4.69) is 18.4 Å². The zero-order chi connectivity index (χ0) is 13.0. The minimum atomic E-state index is -0.0471. The summed E-state index contributed by atoms with van der Waals surface area (Å²) >= 11 is 0. The number of aliphatic hydroxyl groups is 1. The second-order valence-electron chi connectivity index (χ2n) is 6.32. The van der Waals surface area contributed by atoms with Gasteiger partial charge >= 0.3 is 0 Å². The van der Waals surface area contributed by atoms with E-state index in [0.29, 0.717) is 12.0 Å². The standard InChI is InChI=1S/C16H29NO/c1-13(2)10-12-17-11-6-5-8-15(17)14-7-3-4-9-16(14)18/h14-16,18H,1,3-12H2,2H3. The summed E-state index contributed by atoms with van der Waals surface area (Å²) in [6.07, 6.45) is 9.81. The third-order valence-electron chi connectivity index (χ3n) is 4.77. The summed E-state index contributed by atoms with van der Waals surface area (Å²) in [7, 11) is 0. The molecule has 0 spiro atoms. The van der Waals surface area contributed by atoms with E-state index in [1.54, 1.807) is 0 Å². The van der Waals surface area contributed by atoms with Crippen molar-refractivity contribution >= 4 is 0 Å². The highest BCUT2D eigenvalue weighted by atomic mass is 16.3. The van der Waals surface area contributed by atoms with Crippen molar-refractivity contribution in [2.45, 2.75) is 70.4 Å². The van der Waals surface area contributed by atoms with Gasteiger partial charge in [-0.15, -0.1) is 6.58 Å². The highest BCUT2D eigenvalue weighted by Gasteiger charge is 2.35. The smallest absolute Gasteiger partial charge is 0.0583 e. The van der Waals surface area contributed by atoms with Gasteiger partial charge in [0.1, 0.15) is 0 Å². The van der Waals surface area contributed by atoms with Crippen LogP contribution in [0.4, 0.5) is 0 Å². The summed E-state index contributed by atoms with van der Waals surface area (Å²) in [4.78, 5) is 2.64. The quantitative estimate of drug-likeness (QED) is 0.775. The second kappa shape index (κ2) is 6.72. The molecule has 2 fully saturated rings. The van der Waals surface area contributed by atoms with Crippen molar-refractivity contribution in [2.24, 2.45) is 5.92 Å². The van der Waals surface area contributed by atoms with Crippen LogP contribution in [0.5, 0.6) is 0 Å². The van der Waals surface area contributed by atoms with Crippen molar-refractivity contribution in [3.63, 3.8) is 0 Å². The lowest BCUT2D eigenvalue weighted by Crippen LogP contribution is -2.49. The van der Waals surface area contributed by atoms with Gasteiger partial charge in [0, 0.05) is 18.5 Å². The highest BCUT2D eigenvalue weighted by molar-refractivity contribution is 4.93. The van der Waals surface area contributed by atoms with Crippen LogP contribution in [0, 0.1) is 5.92 Å². The number of hydrogen-bond acceptors (Lipinski definition) is 2. The maximum absolute atomic E-state index is 10.3. The molecule has 0 amide bonds. The molecule has 0 aromatic rings. The molecular formula is C16H29NO. The second-order valence-corrected chi connectivity index (χ2v) is 6.32. The molecule has 1 aliphatic carbocycles. The first-order valence-corrected chi connectivity index (χ1v) is 7.75. The number of rotatable bonds is 4. The van der Waals surface area contributed by atoms with Gasteiger partial charge in [-0.3, -0.25) is 4.90 Å². The normalized spacial score (nSPS) is 34.4. The number of likely N-dealkylation sites (tertiary alicyclic amines) is 1. The molecule has 2 rings (SSSR count). The van der Waals surface area contributed by atoms with Crippen LogP contribution in [-0.2, 0) is 0 Å². The van der Waals surface area contributed by atoms with Gasteiger partial charge in [-0.2, -0.15) is 0 Å². The van der Waals surface area contributed by atoms with Gasteiger partial charge < -0.3 is 5.11 Å². The molecule has 0 radical (unpaired) electrons. The van der Waals surface area contributed by atoms with Crippen molar-refractivity contribution in [3.8, 4) is 0 Å². The molecule has 3 unspecified atom stereocenters. The molecule has 0 aromatic carbocycles. The molecule has 3 atom stereocenters. The minimum absolute atomic E-state index is 0.0471. The molecule has 1 heterocycles. The van der Waals surface area contributed by atoms with E-state index in [1.807, 2.05) is 0 Å². The molecule has 0 aromatic heterocycles. The van der Waals surface area contributed by atoms with Crippen LogP contribution < -0.4 is 0 Å². The summed E-state index contributed by atoms with van der Waals surface area (Å²) in [6.45, 7) is 8.50. The van der Waals surface area contributed by atoms with Gasteiger partial charge in [-0.25, -0.2) is 0 Å². The monoisotopic (exact) mass is 251 g/mol. The van der Waals surface area contributed by atoms with Gasteiger partial charge in [0.25, 0.3) is 0 Å². The number of piperidine rings is 1. The largest absolute Gasteiger partial charge is 0.393 e. The Bertz CT molecular complexity index is 276. The van der Waals surface area contributed by atoms with Crippen molar-refractivity contribution in [2.75, 3.05) is 13.1 Å². The SMILES string of the molecule is C=C(C)CCN1CCCCC1C1CCCCC1O. The average molecular weight is 251 g/mol. The van der Waals surface area contributed by atoms with Crippen LogP contribution in [-0.4, -0.2) is 35.2 Å². The first kappa shape index (κ1) is 14.1. The van der Waals surface area contributed by atoms with Crippen LogP contribution in [0.15, 0.2) is 12.2 Å². The van der Waals surface area contributed by atoms with E-state index in [-0.39, 0.29) is 6.10 Å². The Hall–Kier alpha value is -0.340. The summed E-state index contributed by atoms with van der Waals surface area (Å²) < 4.78 is 0. The van der Waals surface area contributed by atoms with E-state index in [0.717, 1.165) is 19.4 Å². The molecule has 1 N–H and O–H groups in total. The van der Waals surface area contributed by atoms with Gasteiger partial charge in [0.15, 0.2) is 0 Å². The Kier molecular flexibility index (Phi) is 5.25. The Morgan fingerprint density at radius 2 is 1.89 bits per heavy atom. The zero-order valence-corrected chi connectivity index (χ0v) is 11.9. The maximum atomic E-state index is 10.3. The molecule has 1 saturated heterocycles. The van der Waals surface area contributed by atoms with Gasteiger partial charge in [0.05, 0.1) is 6.10 Å². The lowest BCUT2D eigenvalue weighted by Gasteiger charge is -2.43. The van der Waals surface area contributed by atoms with E-state index in [1.165, 1.54) is 50.6 Å². The lowest BCUT2D eigenvalue weighted by atomic mass is 9.78. The maximum Gasteiger partial charge on any atom is 0.0583 e. The first-order valence-electron chi connectivity index (χ1n) is 7.75. The summed E-state index contributed by atoms with van der Waals surface area (Å²) in [5, 5.41) is 10.3. The van der Waals surface area contributed by atoms with Crippen LogP contribution in [0.3, 0.4) is 0 Å². The Balaban J connectivity index is 1.95. The van der Waals surface area contributed by atoms with E-state index in [9.17, 15) is 5.11 Å². The van der Waals surface area contributed by atoms with Crippen LogP contribution >= 0.6 is 0 Å².